The lowest BCUT2D eigenvalue weighted by Crippen LogP contribution is -2.09. The van der Waals surface area contributed by atoms with Crippen LogP contribution in [0.4, 0.5) is 85.3 Å². The molecule has 5 heteroatoms. The van der Waals surface area contributed by atoms with Gasteiger partial charge >= 0.3 is 0 Å². The van der Waals surface area contributed by atoms with Gasteiger partial charge in [0, 0.05) is 102 Å². The zero-order chi connectivity index (χ0) is 71.3. The summed E-state index contributed by atoms with van der Waals surface area (Å²) >= 11 is 0. The monoisotopic (exact) mass is 1350 g/mol. The summed E-state index contributed by atoms with van der Waals surface area (Å²) in [5.41, 5.74) is 21.7. The van der Waals surface area contributed by atoms with E-state index >= 15 is 0 Å². The zero-order valence-electron chi connectivity index (χ0n) is 58.0. The number of benzene rings is 15. The standard InChI is InChI=1S/2C40H30N2.C20H15N/c2*1-5-17-35(18-6-1)41(36-19-7-2-8-20-36)39-29-25-33(26-30-39)15-13-14-16-34-27-31-40(32-28-34)42(37-21-9-3-10-22-37)38-23-11-4-12-24-38;1-2-17-13-15-20(16-14-17)21(18-9-5-3-6-10-18)19-11-7-4-8-12-19/h2*1-13,15,17-32H;1,3-16H/b15-13+;15-13-;. The molecule has 15 aromatic rings. The quantitative estimate of drug-likeness (QED) is 0.0842. The fourth-order valence-electron chi connectivity index (χ4n) is 12.1. The van der Waals surface area contributed by atoms with Crippen molar-refractivity contribution in [1.29, 1.82) is 0 Å². The van der Waals surface area contributed by atoms with Gasteiger partial charge in [0.2, 0.25) is 0 Å². The molecule has 0 atom stereocenters. The van der Waals surface area contributed by atoms with E-state index in [4.69, 9.17) is 6.42 Å². The van der Waals surface area contributed by atoms with Crippen molar-refractivity contribution in [2.45, 2.75) is 0 Å². The van der Waals surface area contributed by atoms with E-state index in [1.54, 1.807) is 0 Å². The van der Waals surface area contributed by atoms with E-state index in [-0.39, 0.29) is 0 Å². The van der Waals surface area contributed by atoms with Crippen LogP contribution in [0.3, 0.4) is 0 Å². The number of para-hydroxylation sites is 10. The van der Waals surface area contributed by atoms with Crippen LogP contribution in [0.2, 0.25) is 0 Å². The van der Waals surface area contributed by atoms with E-state index in [9.17, 15) is 0 Å². The van der Waals surface area contributed by atoms with Gasteiger partial charge in [0.1, 0.15) is 0 Å². The van der Waals surface area contributed by atoms with Gasteiger partial charge in [-0.2, -0.15) is 0 Å². The fourth-order valence-corrected chi connectivity index (χ4v) is 12.1. The van der Waals surface area contributed by atoms with Crippen LogP contribution in [0, 0.1) is 36.0 Å². The number of allylic oxidation sites excluding steroid dienone is 2. The van der Waals surface area contributed by atoms with E-state index < -0.39 is 0 Å². The molecular formula is C100H75N5. The lowest BCUT2D eigenvalue weighted by molar-refractivity contribution is 1.28. The Morgan fingerprint density at radius 1 is 0.171 bits per heavy atom. The summed E-state index contributed by atoms with van der Waals surface area (Å²) in [4.78, 5) is 11.2. The van der Waals surface area contributed by atoms with Crippen molar-refractivity contribution in [3.8, 4) is 36.0 Å². The first-order chi connectivity index (χ1) is 52.1. The molecule has 0 saturated heterocycles. The lowest BCUT2D eigenvalue weighted by Gasteiger charge is -2.25. The average molecular weight is 1350 g/mol. The third-order valence-electron chi connectivity index (χ3n) is 17.1. The van der Waals surface area contributed by atoms with Crippen LogP contribution in [0.1, 0.15) is 27.8 Å². The van der Waals surface area contributed by atoms with E-state index in [1.807, 2.05) is 121 Å². The van der Waals surface area contributed by atoms with Crippen LogP contribution in [0.25, 0.3) is 12.2 Å². The minimum atomic E-state index is 0.889. The zero-order valence-corrected chi connectivity index (χ0v) is 58.0. The first-order valence-corrected chi connectivity index (χ1v) is 34.9. The highest BCUT2D eigenvalue weighted by atomic mass is 15.2. The number of hydrogen-bond acceptors (Lipinski definition) is 5. The maximum absolute atomic E-state index is 5.43. The number of terminal acetylenes is 1. The number of nitrogens with zero attached hydrogens (tertiary/aromatic N) is 5. The Hall–Kier alpha value is -14.5. The van der Waals surface area contributed by atoms with Crippen LogP contribution >= 0.6 is 0 Å². The van der Waals surface area contributed by atoms with Gasteiger partial charge in [-0.3, -0.25) is 0 Å². The van der Waals surface area contributed by atoms with Crippen LogP contribution in [0.5, 0.6) is 0 Å². The maximum atomic E-state index is 5.43. The normalized spacial score (nSPS) is 10.4. The molecule has 0 aliphatic heterocycles. The highest BCUT2D eigenvalue weighted by Crippen LogP contribution is 2.40. The molecular weight excluding hydrogens is 1270 g/mol. The highest BCUT2D eigenvalue weighted by Gasteiger charge is 2.17. The summed E-state index contributed by atoms with van der Waals surface area (Å²) < 4.78 is 0. The third kappa shape index (κ3) is 18.7. The van der Waals surface area contributed by atoms with Crippen molar-refractivity contribution in [3.63, 3.8) is 0 Å². The third-order valence-corrected chi connectivity index (χ3v) is 17.1. The van der Waals surface area contributed by atoms with Gasteiger partial charge in [-0.05, 0) is 254 Å². The Balaban J connectivity index is 0.000000148. The van der Waals surface area contributed by atoms with Gasteiger partial charge in [-0.15, -0.1) is 6.42 Å². The summed E-state index contributed by atoms with van der Waals surface area (Å²) in [6, 6.07) is 146. The number of anilines is 15. The molecule has 0 fully saturated rings. The molecule has 500 valence electrons. The first kappa shape index (κ1) is 69.0. The second-order valence-electron chi connectivity index (χ2n) is 24.2. The largest absolute Gasteiger partial charge is 0.311 e. The fraction of sp³-hybridized carbons (Fsp3) is 0. The molecule has 0 bridgehead atoms. The number of hydrogen-bond donors (Lipinski definition) is 0. The van der Waals surface area contributed by atoms with E-state index in [2.05, 4.69) is 382 Å². The Bertz CT molecular complexity index is 4880. The molecule has 15 aromatic carbocycles. The average Bonchev–Trinajstić information content (AvgIpc) is 0.846. The minimum absolute atomic E-state index is 0.889. The predicted octanol–water partition coefficient (Wildman–Crippen LogP) is 26.5. The van der Waals surface area contributed by atoms with Crippen molar-refractivity contribution < 1.29 is 0 Å². The first-order valence-electron chi connectivity index (χ1n) is 34.9. The predicted molar refractivity (Wildman–Crippen MR) is 445 cm³/mol. The highest BCUT2D eigenvalue weighted by molar-refractivity contribution is 5.82. The summed E-state index contributed by atoms with van der Waals surface area (Å²) in [5, 5.41) is 0. The molecule has 0 aliphatic rings. The van der Waals surface area contributed by atoms with E-state index in [0.717, 1.165) is 113 Å². The second kappa shape index (κ2) is 36.0. The van der Waals surface area contributed by atoms with Crippen molar-refractivity contribution in [2.24, 2.45) is 0 Å². The topological polar surface area (TPSA) is 16.2 Å². The van der Waals surface area contributed by atoms with Crippen molar-refractivity contribution >= 4 is 97.5 Å². The second-order valence-corrected chi connectivity index (χ2v) is 24.2. The Kier molecular flexibility index (Phi) is 23.6. The van der Waals surface area contributed by atoms with Crippen LogP contribution in [-0.2, 0) is 0 Å². The smallest absolute Gasteiger partial charge is 0.0462 e. The van der Waals surface area contributed by atoms with E-state index in [0.29, 0.717) is 0 Å². The van der Waals surface area contributed by atoms with Crippen LogP contribution in [0.15, 0.2) is 437 Å². The molecule has 0 amide bonds. The Morgan fingerprint density at radius 3 is 0.495 bits per heavy atom. The molecule has 0 aromatic heterocycles. The van der Waals surface area contributed by atoms with Gasteiger partial charge in [0.05, 0.1) is 0 Å². The molecule has 0 spiro atoms. The van der Waals surface area contributed by atoms with Gasteiger partial charge in [-0.1, -0.05) is 236 Å². The van der Waals surface area contributed by atoms with Gasteiger partial charge in [-0.25, -0.2) is 0 Å². The summed E-state index contributed by atoms with van der Waals surface area (Å²) in [7, 11) is 0. The van der Waals surface area contributed by atoms with Crippen molar-refractivity contribution in [3.05, 3.63) is 465 Å². The molecule has 0 heterocycles. The molecule has 15 rings (SSSR count). The van der Waals surface area contributed by atoms with Gasteiger partial charge in [0.25, 0.3) is 0 Å². The minimum Gasteiger partial charge on any atom is -0.311 e. The molecule has 0 aliphatic carbocycles. The maximum Gasteiger partial charge on any atom is 0.0462 e. The van der Waals surface area contributed by atoms with Crippen LogP contribution < -0.4 is 24.5 Å². The molecule has 5 nitrogen and oxygen atoms in total. The molecule has 0 N–H and O–H groups in total. The Morgan fingerprint density at radius 2 is 0.324 bits per heavy atom. The Labute approximate surface area is 618 Å². The summed E-state index contributed by atoms with van der Waals surface area (Å²) in [5.74, 6) is 15.6. The summed E-state index contributed by atoms with van der Waals surface area (Å²) in [6.07, 6.45) is 13.4. The van der Waals surface area contributed by atoms with Gasteiger partial charge < -0.3 is 24.5 Å². The molecule has 0 radical (unpaired) electrons. The van der Waals surface area contributed by atoms with Crippen molar-refractivity contribution in [1.82, 2.24) is 0 Å². The van der Waals surface area contributed by atoms with Gasteiger partial charge in [0.15, 0.2) is 0 Å². The molecule has 105 heavy (non-hydrogen) atoms. The van der Waals surface area contributed by atoms with E-state index in [1.165, 1.54) is 0 Å². The lowest BCUT2D eigenvalue weighted by atomic mass is 10.1. The summed E-state index contributed by atoms with van der Waals surface area (Å²) in [6.45, 7) is 0. The van der Waals surface area contributed by atoms with Crippen molar-refractivity contribution in [2.75, 3.05) is 24.5 Å². The number of rotatable bonds is 17. The van der Waals surface area contributed by atoms with Crippen LogP contribution in [-0.4, -0.2) is 0 Å². The molecule has 0 saturated carbocycles. The molecule has 0 unspecified atom stereocenters. The SMILES string of the molecule is C#Cc1ccc(N(c2ccccc2)c2ccccc2)cc1.C(#Cc1ccc(N(c2ccccc2)c2ccccc2)cc1)/C=C/c1ccc(N(c2ccccc2)c2ccccc2)cc1.C(#Cc1ccc(N(c2ccccc2)c2ccccc2)cc1)/C=C\c1ccc(N(c2ccccc2)c2ccccc2)cc1.